The SMILES string of the molecule is Cc1cccc2c(=O)c3cccc([C@H](C)C(=O)O)c3oc12.[Na+]. The fourth-order valence-electron chi connectivity index (χ4n) is 2.54. The molecule has 0 spiro atoms. The predicted octanol–water partition coefficient (Wildman–Crippen LogP) is 0.447. The Kier molecular flexibility index (Phi) is 4.75. The summed E-state index contributed by atoms with van der Waals surface area (Å²) in [4.78, 5) is 23.8. The second kappa shape index (κ2) is 6.24. The number of fused-ring (bicyclic) bond motifs is 2. The first kappa shape index (κ1) is 16.7. The van der Waals surface area contributed by atoms with Gasteiger partial charge in [0.25, 0.3) is 0 Å². The van der Waals surface area contributed by atoms with Crippen molar-refractivity contribution >= 4 is 27.9 Å². The molecule has 0 fully saturated rings. The summed E-state index contributed by atoms with van der Waals surface area (Å²) >= 11 is 0. The summed E-state index contributed by atoms with van der Waals surface area (Å²) in [6.45, 7) is 3.44. The van der Waals surface area contributed by atoms with E-state index in [0.717, 1.165) is 5.56 Å². The fourth-order valence-corrected chi connectivity index (χ4v) is 2.54. The zero-order valence-corrected chi connectivity index (χ0v) is 14.7. The molecule has 0 amide bonds. The Morgan fingerprint density at radius 3 is 2.32 bits per heavy atom. The largest absolute Gasteiger partial charge is 1.00 e. The molecule has 2 aromatic carbocycles. The van der Waals surface area contributed by atoms with Gasteiger partial charge in [0, 0.05) is 5.56 Å². The molecule has 1 aromatic heterocycles. The molecule has 0 radical (unpaired) electrons. The van der Waals surface area contributed by atoms with Crippen LogP contribution in [0.15, 0.2) is 45.6 Å². The first-order valence-electron chi connectivity index (χ1n) is 6.68. The van der Waals surface area contributed by atoms with Crippen molar-refractivity contribution in [2.75, 3.05) is 0 Å². The van der Waals surface area contributed by atoms with Crippen molar-refractivity contribution in [2.24, 2.45) is 0 Å². The molecular weight excluding hydrogens is 291 g/mol. The summed E-state index contributed by atoms with van der Waals surface area (Å²) in [5.41, 5.74) is 2.11. The first-order valence-corrected chi connectivity index (χ1v) is 6.68. The van der Waals surface area contributed by atoms with Crippen LogP contribution in [-0.2, 0) is 4.79 Å². The maximum atomic E-state index is 12.6. The number of hydrogen-bond donors (Lipinski definition) is 1. The maximum absolute atomic E-state index is 12.6. The minimum atomic E-state index is -0.949. The van der Waals surface area contributed by atoms with Crippen LogP contribution in [0.1, 0.15) is 24.0 Å². The molecule has 0 saturated heterocycles. The molecule has 0 aliphatic heterocycles. The molecule has 106 valence electrons. The number of aliphatic carboxylic acids is 1. The zero-order valence-electron chi connectivity index (χ0n) is 12.7. The average molecular weight is 305 g/mol. The van der Waals surface area contributed by atoms with Gasteiger partial charge in [0.15, 0.2) is 0 Å². The molecule has 0 bridgehead atoms. The van der Waals surface area contributed by atoms with Gasteiger partial charge in [-0.25, -0.2) is 0 Å². The summed E-state index contributed by atoms with van der Waals surface area (Å²) in [7, 11) is 0. The summed E-state index contributed by atoms with van der Waals surface area (Å²) in [6.07, 6.45) is 0. The van der Waals surface area contributed by atoms with E-state index < -0.39 is 11.9 Å². The monoisotopic (exact) mass is 305 g/mol. The van der Waals surface area contributed by atoms with Crippen LogP contribution in [0.5, 0.6) is 0 Å². The van der Waals surface area contributed by atoms with Gasteiger partial charge in [-0.05, 0) is 31.5 Å². The number of carbonyl (C=O) groups is 1. The first-order chi connectivity index (χ1) is 10.0. The van der Waals surface area contributed by atoms with Crippen LogP contribution in [-0.4, -0.2) is 11.1 Å². The van der Waals surface area contributed by atoms with Crippen molar-refractivity contribution < 1.29 is 43.9 Å². The molecule has 3 rings (SSSR count). The van der Waals surface area contributed by atoms with E-state index in [9.17, 15) is 14.7 Å². The molecule has 22 heavy (non-hydrogen) atoms. The van der Waals surface area contributed by atoms with E-state index in [1.54, 1.807) is 31.2 Å². The van der Waals surface area contributed by atoms with E-state index in [-0.39, 0.29) is 35.0 Å². The van der Waals surface area contributed by atoms with Gasteiger partial charge >= 0.3 is 35.5 Å². The third-order valence-electron chi connectivity index (χ3n) is 3.79. The van der Waals surface area contributed by atoms with Crippen LogP contribution in [0.25, 0.3) is 21.9 Å². The van der Waals surface area contributed by atoms with Gasteiger partial charge in [-0.1, -0.05) is 24.3 Å². The van der Waals surface area contributed by atoms with Crippen LogP contribution in [0.2, 0.25) is 0 Å². The molecule has 4 nitrogen and oxygen atoms in total. The molecule has 0 aliphatic rings. The van der Waals surface area contributed by atoms with Gasteiger partial charge in [0.05, 0.1) is 16.7 Å². The van der Waals surface area contributed by atoms with Crippen LogP contribution in [0.3, 0.4) is 0 Å². The molecular formula is C17H14NaO4+. The third-order valence-corrected chi connectivity index (χ3v) is 3.79. The second-order valence-corrected chi connectivity index (χ2v) is 5.17. The number of hydrogen-bond acceptors (Lipinski definition) is 3. The van der Waals surface area contributed by atoms with E-state index in [4.69, 9.17) is 4.42 Å². The van der Waals surface area contributed by atoms with Crippen molar-refractivity contribution in [1.82, 2.24) is 0 Å². The van der Waals surface area contributed by atoms with Crippen LogP contribution in [0, 0.1) is 6.92 Å². The van der Waals surface area contributed by atoms with E-state index in [0.29, 0.717) is 27.5 Å². The Hall–Kier alpha value is -1.62. The standard InChI is InChI=1S/C17H14O4.Na/c1-9-5-3-7-12-14(18)13-8-4-6-11(10(2)17(19)20)16(13)21-15(9)12;/h3-8,10H,1-2H3,(H,19,20);/q;+1/t10-;/m0./s1. The van der Waals surface area contributed by atoms with Gasteiger partial charge in [-0.15, -0.1) is 0 Å². The van der Waals surface area contributed by atoms with Crippen molar-refractivity contribution in [3.05, 3.63) is 57.7 Å². The van der Waals surface area contributed by atoms with E-state index in [2.05, 4.69) is 0 Å². The molecule has 3 aromatic rings. The number of carboxylic acids is 1. The number of benzene rings is 2. The third kappa shape index (κ3) is 2.58. The summed E-state index contributed by atoms with van der Waals surface area (Å²) < 4.78 is 5.90. The predicted molar refractivity (Wildman–Crippen MR) is 80.8 cm³/mol. The smallest absolute Gasteiger partial charge is 0.481 e. The average Bonchev–Trinajstić information content (AvgIpc) is 2.47. The summed E-state index contributed by atoms with van der Waals surface area (Å²) in [5, 5.41) is 10.1. The summed E-state index contributed by atoms with van der Waals surface area (Å²) in [6, 6.07) is 10.4. The van der Waals surface area contributed by atoms with Crippen molar-refractivity contribution in [3.63, 3.8) is 0 Å². The van der Waals surface area contributed by atoms with Crippen LogP contribution >= 0.6 is 0 Å². The Morgan fingerprint density at radius 2 is 1.68 bits per heavy atom. The van der Waals surface area contributed by atoms with E-state index >= 15 is 0 Å². The summed E-state index contributed by atoms with van der Waals surface area (Å²) in [5.74, 6) is -1.69. The van der Waals surface area contributed by atoms with Gasteiger partial charge in [-0.3, -0.25) is 9.59 Å². The number of carboxylic acid groups (broad SMARTS) is 1. The van der Waals surface area contributed by atoms with E-state index in [1.807, 2.05) is 19.1 Å². The van der Waals surface area contributed by atoms with Gasteiger partial charge in [0.2, 0.25) is 5.43 Å². The van der Waals surface area contributed by atoms with Crippen molar-refractivity contribution in [2.45, 2.75) is 19.8 Å². The minimum Gasteiger partial charge on any atom is -0.481 e. The van der Waals surface area contributed by atoms with Crippen molar-refractivity contribution in [3.8, 4) is 0 Å². The second-order valence-electron chi connectivity index (χ2n) is 5.17. The maximum Gasteiger partial charge on any atom is 1.00 e. The van der Waals surface area contributed by atoms with Gasteiger partial charge in [0.1, 0.15) is 11.2 Å². The molecule has 1 atom stereocenters. The number of para-hydroxylation sites is 2. The molecule has 0 unspecified atom stereocenters. The minimum absolute atomic E-state index is 0. The van der Waals surface area contributed by atoms with E-state index in [1.165, 1.54) is 0 Å². The normalized spacial score (nSPS) is 12.1. The molecule has 1 heterocycles. The Bertz CT molecular complexity index is 927. The number of rotatable bonds is 2. The molecule has 0 aliphatic carbocycles. The van der Waals surface area contributed by atoms with Crippen molar-refractivity contribution in [1.29, 1.82) is 0 Å². The molecule has 5 heteroatoms. The Morgan fingerprint density at radius 1 is 1.09 bits per heavy atom. The zero-order chi connectivity index (χ0) is 15.1. The number of aryl methyl sites for hydroxylation is 1. The molecule has 1 N–H and O–H groups in total. The fraction of sp³-hybridized carbons (Fsp3) is 0.176. The quantitative estimate of drug-likeness (QED) is 0.551. The Balaban J connectivity index is 0.00000176. The Labute approximate surface area is 149 Å². The van der Waals surface area contributed by atoms with Crippen LogP contribution < -0.4 is 35.0 Å². The van der Waals surface area contributed by atoms with Crippen LogP contribution in [0.4, 0.5) is 0 Å². The molecule has 0 saturated carbocycles. The van der Waals surface area contributed by atoms with Gasteiger partial charge < -0.3 is 9.52 Å². The van der Waals surface area contributed by atoms with Gasteiger partial charge in [-0.2, -0.15) is 0 Å². The topological polar surface area (TPSA) is 67.5 Å².